The van der Waals surface area contributed by atoms with Crippen LogP contribution >= 0.6 is 24.8 Å². The molecule has 7 heteroatoms. The van der Waals surface area contributed by atoms with Crippen LogP contribution in [0.3, 0.4) is 0 Å². The van der Waals surface area contributed by atoms with E-state index in [4.69, 9.17) is 10.5 Å². The lowest BCUT2D eigenvalue weighted by atomic mass is 9.86. The summed E-state index contributed by atoms with van der Waals surface area (Å²) in [6, 6.07) is 0.0353. The van der Waals surface area contributed by atoms with E-state index in [-0.39, 0.29) is 36.1 Å². The molecule has 0 aliphatic carbocycles. The summed E-state index contributed by atoms with van der Waals surface area (Å²) in [6.45, 7) is 13.5. The van der Waals surface area contributed by atoms with Crippen molar-refractivity contribution in [2.24, 2.45) is 17.1 Å². The molecule has 1 amide bonds. The van der Waals surface area contributed by atoms with E-state index in [9.17, 15) is 4.79 Å². The summed E-state index contributed by atoms with van der Waals surface area (Å²) < 4.78 is 5.41. The van der Waals surface area contributed by atoms with Crippen molar-refractivity contribution in [3.8, 4) is 0 Å². The molecule has 2 heterocycles. The third-order valence-corrected chi connectivity index (χ3v) is 4.60. The van der Waals surface area contributed by atoms with Gasteiger partial charge < -0.3 is 15.4 Å². The second-order valence-corrected chi connectivity index (χ2v) is 7.28. The minimum atomic E-state index is -0.418. The fraction of sp³-hybridized carbons (Fsp3) is 0.933. The normalized spacial score (nSPS) is 27.8. The molecule has 2 saturated heterocycles. The fourth-order valence-electron chi connectivity index (χ4n) is 3.08. The zero-order valence-electron chi connectivity index (χ0n) is 14.1. The van der Waals surface area contributed by atoms with Crippen LogP contribution in [0.4, 0.5) is 0 Å². The first kappa shape index (κ1) is 21.9. The molecule has 22 heavy (non-hydrogen) atoms. The minimum Gasteiger partial charge on any atom is -0.379 e. The van der Waals surface area contributed by atoms with Crippen LogP contribution in [0.1, 0.15) is 27.7 Å². The number of morpholine rings is 1. The summed E-state index contributed by atoms with van der Waals surface area (Å²) in [6.07, 6.45) is 0. The minimum absolute atomic E-state index is 0. The number of carbonyl (C=O) groups excluding carboxylic acids is 1. The van der Waals surface area contributed by atoms with Crippen molar-refractivity contribution in [3.05, 3.63) is 0 Å². The Morgan fingerprint density at radius 2 is 1.73 bits per heavy atom. The van der Waals surface area contributed by atoms with E-state index in [0.717, 1.165) is 39.4 Å². The number of carbonyl (C=O) groups is 1. The number of hydrogen-bond donors (Lipinski definition) is 1. The molecular weight excluding hydrogens is 325 g/mol. The highest BCUT2D eigenvalue weighted by atomic mass is 35.5. The predicted octanol–water partition coefficient (Wildman–Crippen LogP) is 1.38. The Morgan fingerprint density at radius 3 is 2.23 bits per heavy atom. The van der Waals surface area contributed by atoms with Gasteiger partial charge in [0.2, 0.25) is 5.91 Å². The first-order chi connectivity index (χ1) is 9.30. The number of halogens is 2. The lowest BCUT2D eigenvalue weighted by Crippen LogP contribution is -2.51. The number of ether oxygens (including phenoxy) is 1. The van der Waals surface area contributed by atoms with Crippen LogP contribution in [0, 0.1) is 11.3 Å². The number of hydrogen-bond acceptors (Lipinski definition) is 4. The van der Waals surface area contributed by atoms with Crippen LogP contribution < -0.4 is 5.73 Å². The lowest BCUT2D eigenvalue weighted by Gasteiger charge is -2.34. The van der Waals surface area contributed by atoms with Gasteiger partial charge in [-0.25, -0.2) is 0 Å². The van der Waals surface area contributed by atoms with Gasteiger partial charge in [0.25, 0.3) is 0 Å². The second kappa shape index (κ2) is 8.69. The highest BCUT2D eigenvalue weighted by molar-refractivity contribution is 5.85. The van der Waals surface area contributed by atoms with Crippen molar-refractivity contribution < 1.29 is 9.53 Å². The fourth-order valence-corrected chi connectivity index (χ4v) is 3.08. The number of likely N-dealkylation sites (tertiary alicyclic amines) is 1. The SMILES string of the molecule is CC1CN(C(=O)[C@@H](N)C(C)(C)C)CC1N1CCOCC1.Cl.Cl. The number of nitrogens with two attached hydrogens (primary N) is 1. The molecular formula is C15H31Cl2N3O2. The average molecular weight is 356 g/mol. The van der Waals surface area contributed by atoms with Crippen LogP contribution in [0.15, 0.2) is 0 Å². The molecule has 2 rings (SSSR count). The van der Waals surface area contributed by atoms with Gasteiger partial charge in [0, 0.05) is 32.2 Å². The van der Waals surface area contributed by atoms with Gasteiger partial charge in [0.05, 0.1) is 19.3 Å². The smallest absolute Gasteiger partial charge is 0.240 e. The quantitative estimate of drug-likeness (QED) is 0.812. The molecule has 0 bridgehead atoms. The highest BCUT2D eigenvalue weighted by Gasteiger charge is 2.40. The van der Waals surface area contributed by atoms with Crippen molar-refractivity contribution in [2.45, 2.75) is 39.8 Å². The van der Waals surface area contributed by atoms with Crippen LogP contribution in [-0.2, 0) is 9.53 Å². The first-order valence-electron chi connectivity index (χ1n) is 7.67. The topological polar surface area (TPSA) is 58.8 Å². The molecule has 0 spiro atoms. The summed E-state index contributed by atoms with van der Waals surface area (Å²) in [4.78, 5) is 16.9. The van der Waals surface area contributed by atoms with Crippen molar-refractivity contribution in [3.63, 3.8) is 0 Å². The second-order valence-electron chi connectivity index (χ2n) is 7.28. The molecule has 0 aromatic heterocycles. The molecule has 2 aliphatic rings. The maximum Gasteiger partial charge on any atom is 0.240 e. The highest BCUT2D eigenvalue weighted by Crippen LogP contribution is 2.26. The number of rotatable bonds is 2. The van der Waals surface area contributed by atoms with Crippen molar-refractivity contribution in [1.82, 2.24) is 9.80 Å². The monoisotopic (exact) mass is 355 g/mol. The van der Waals surface area contributed by atoms with Crippen LogP contribution in [-0.4, -0.2) is 67.2 Å². The van der Waals surface area contributed by atoms with Crippen LogP contribution in [0.25, 0.3) is 0 Å². The van der Waals surface area contributed by atoms with E-state index >= 15 is 0 Å². The third-order valence-electron chi connectivity index (χ3n) is 4.60. The van der Waals surface area contributed by atoms with E-state index in [1.807, 2.05) is 25.7 Å². The summed E-state index contributed by atoms with van der Waals surface area (Å²) >= 11 is 0. The summed E-state index contributed by atoms with van der Waals surface area (Å²) in [5, 5.41) is 0. The summed E-state index contributed by atoms with van der Waals surface area (Å²) in [5.74, 6) is 0.601. The van der Waals surface area contributed by atoms with Gasteiger partial charge in [0.15, 0.2) is 0 Å². The molecule has 0 aromatic carbocycles. The first-order valence-corrected chi connectivity index (χ1v) is 7.67. The molecule has 0 radical (unpaired) electrons. The molecule has 2 N–H and O–H groups in total. The van der Waals surface area contributed by atoms with Gasteiger partial charge in [-0.2, -0.15) is 0 Å². The van der Waals surface area contributed by atoms with Gasteiger partial charge in [-0.1, -0.05) is 27.7 Å². The van der Waals surface area contributed by atoms with Gasteiger partial charge in [-0.15, -0.1) is 24.8 Å². The van der Waals surface area contributed by atoms with Crippen LogP contribution in [0.2, 0.25) is 0 Å². The molecule has 2 aliphatic heterocycles. The summed E-state index contributed by atoms with van der Waals surface area (Å²) in [5.41, 5.74) is 5.94. The Bertz CT molecular complexity index is 357. The molecule has 2 unspecified atom stereocenters. The molecule has 5 nitrogen and oxygen atoms in total. The van der Waals surface area contributed by atoms with E-state index in [0.29, 0.717) is 12.0 Å². The van der Waals surface area contributed by atoms with Gasteiger partial charge in [-0.3, -0.25) is 9.69 Å². The maximum absolute atomic E-state index is 12.5. The lowest BCUT2D eigenvalue weighted by molar-refractivity contribution is -0.134. The molecule has 2 fully saturated rings. The molecule has 0 saturated carbocycles. The van der Waals surface area contributed by atoms with Crippen LogP contribution in [0.5, 0.6) is 0 Å². The predicted molar refractivity (Wildman–Crippen MR) is 93.9 cm³/mol. The zero-order chi connectivity index (χ0) is 14.9. The van der Waals surface area contributed by atoms with E-state index < -0.39 is 6.04 Å². The molecule has 0 aromatic rings. The Hall–Kier alpha value is -0.0700. The van der Waals surface area contributed by atoms with Crippen molar-refractivity contribution in [1.29, 1.82) is 0 Å². The zero-order valence-corrected chi connectivity index (χ0v) is 15.7. The molecule has 3 atom stereocenters. The Labute approximate surface area is 146 Å². The summed E-state index contributed by atoms with van der Waals surface area (Å²) in [7, 11) is 0. The standard InChI is InChI=1S/C15H29N3O2.2ClH/c1-11-9-18(14(19)13(16)15(2,3)4)10-12(11)17-5-7-20-8-6-17;;/h11-13H,5-10,16H2,1-4H3;2*1H/t11?,12?,13-;;/m1../s1. The number of nitrogens with zero attached hydrogens (tertiary/aromatic N) is 2. The number of amides is 1. The van der Waals surface area contributed by atoms with Crippen molar-refractivity contribution in [2.75, 3.05) is 39.4 Å². The van der Waals surface area contributed by atoms with Gasteiger partial charge in [0.1, 0.15) is 0 Å². The Kier molecular flexibility index (Phi) is 8.66. The molecule has 132 valence electrons. The van der Waals surface area contributed by atoms with E-state index in [1.165, 1.54) is 0 Å². The Balaban J connectivity index is 0.00000220. The average Bonchev–Trinajstić information content (AvgIpc) is 2.79. The van der Waals surface area contributed by atoms with E-state index in [1.54, 1.807) is 0 Å². The maximum atomic E-state index is 12.5. The van der Waals surface area contributed by atoms with E-state index in [2.05, 4.69) is 11.8 Å². The third kappa shape index (κ3) is 4.96. The largest absolute Gasteiger partial charge is 0.379 e. The Morgan fingerprint density at radius 1 is 1.18 bits per heavy atom. The van der Waals surface area contributed by atoms with Crippen molar-refractivity contribution >= 4 is 30.7 Å². The van der Waals surface area contributed by atoms with Gasteiger partial charge >= 0.3 is 0 Å². The van der Waals surface area contributed by atoms with Gasteiger partial charge in [-0.05, 0) is 11.3 Å².